The van der Waals surface area contributed by atoms with Gasteiger partial charge in [0.2, 0.25) is 5.91 Å². The Morgan fingerprint density at radius 2 is 1.72 bits per heavy atom. The first-order chi connectivity index (χ1) is 15.5. The lowest BCUT2D eigenvalue weighted by Gasteiger charge is -2.27. The van der Waals surface area contributed by atoms with Gasteiger partial charge in [-0.05, 0) is 48.6 Å². The Morgan fingerprint density at radius 1 is 1.00 bits per heavy atom. The van der Waals surface area contributed by atoms with Crippen LogP contribution < -0.4 is 5.32 Å². The highest BCUT2D eigenvalue weighted by Gasteiger charge is 2.35. The van der Waals surface area contributed by atoms with Crippen LogP contribution >= 0.6 is 0 Å². The lowest BCUT2D eigenvalue weighted by molar-refractivity contribution is -0.147. The van der Waals surface area contributed by atoms with Crippen molar-refractivity contribution in [2.75, 3.05) is 5.32 Å². The Kier molecular flexibility index (Phi) is 6.51. The van der Waals surface area contributed by atoms with Gasteiger partial charge in [-0.15, -0.1) is 0 Å². The van der Waals surface area contributed by atoms with E-state index in [1.807, 2.05) is 55.5 Å². The number of benzene rings is 2. The number of carboxylic acids is 1. The number of pyridine rings is 1. The summed E-state index contributed by atoms with van der Waals surface area (Å²) in [5.74, 6) is -2.25. The molecule has 0 radical (unpaired) electrons. The van der Waals surface area contributed by atoms with E-state index < -0.39 is 17.8 Å². The van der Waals surface area contributed by atoms with Crippen LogP contribution in [0.1, 0.15) is 48.1 Å². The van der Waals surface area contributed by atoms with E-state index in [0.29, 0.717) is 24.9 Å². The lowest BCUT2D eigenvalue weighted by atomic mass is 9.78. The third-order valence-electron chi connectivity index (χ3n) is 6.38. The molecule has 1 fully saturated rings. The number of aromatic nitrogens is 1. The molecule has 6 heteroatoms. The van der Waals surface area contributed by atoms with Gasteiger partial charge in [0.15, 0.2) is 0 Å². The molecule has 2 aromatic carbocycles. The van der Waals surface area contributed by atoms with Crippen molar-refractivity contribution in [1.82, 2.24) is 4.98 Å². The fourth-order valence-electron chi connectivity index (χ4n) is 4.76. The molecule has 166 valence electrons. The molecule has 1 aliphatic rings. The largest absolute Gasteiger partial charge is 0.481 e. The average Bonchev–Trinajstić information content (AvgIpc) is 2.80. The summed E-state index contributed by atoms with van der Waals surface area (Å²) in [5, 5.41) is 23.2. The van der Waals surface area contributed by atoms with Crippen LogP contribution in [-0.4, -0.2) is 27.1 Å². The molecule has 4 rings (SSSR count). The quantitative estimate of drug-likeness (QED) is 0.534. The summed E-state index contributed by atoms with van der Waals surface area (Å²) in [6, 6.07) is 15.4. The second kappa shape index (κ2) is 9.49. The SMILES string of the molecule is Cc1cc(CO)c2cccc(Cc3ccccc3NC(=O)[C@@H]3CCCC[C@H]3C(=O)O)c2n1. The number of carbonyl (C=O) groups excluding carboxylic acids is 1. The minimum atomic E-state index is -0.893. The van der Waals surface area contributed by atoms with Crippen LogP contribution in [0.25, 0.3) is 10.9 Å². The van der Waals surface area contributed by atoms with Gasteiger partial charge in [0, 0.05) is 23.2 Å². The van der Waals surface area contributed by atoms with Crippen molar-refractivity contribution < 1.29 is 19.8 Å². The molecule has 1 amide bonds. The topological polar surface area (TPSA) is 99.5 Å². The number of anilines is 1. The second-order valence-corrected chi connectivity index (χ2v) is 8.55. The molecule has 6 nitrogen and oxygen atoms in total. The number of para-hydroxylation sites is 2. The van der Waals surface area contributed by atoms with Crippen LogP contribution in [0, 0.1) is 18.8 Å². The third-order valence-corrected chi connectivity index (χ3v) is 6.38. The fraction of sp³-hybridized carbons (Fsp3) is 0.346. The lowest BCUT2D eigenvalue weighted by Crippen LogP contribution is -2.36. The number of aliphatic carboxylic acids is 1. The van der Waals surface area contributed by atoms with Gasteiger partial charge < -0.3 is 15.5 Å². The standard InChI is InChI=1S/C26H28N2O4/c1-16-13-19(15-29)20-11-6-8-18(24(20)27-16)14-17-7-2-5-12-23(17)28-25(30)21-9-3-4-10-22(21)26(31)32/h2,5-8,11-13,21-22,29H,3-4,9-10,14-15H2,1H3,(H,28,30)(H,31,32)/t21-,22-/m1/s1. The van der Waals surface area contributed by atoms with Gasteiger partial charge in [0.05, 0.1) is 24.0 Å². The number of hydrogen-bond acceptors (Lipinski definition) is 4. The Bertz CT molecular complexity index is 1160. The van der Waals surface area contributed by atoms with Gasteiger partial charge in [0.1, 0.15) is 0 Å². The average molecular weight is 433 g/mol. The molecule has 1 saturated carbocycles. The predicted molar refractivity (Wildman–Crippen MR) is 123 cm³/mol. The Morgan fingerprint density at radius 3 is 2.47 bits per heavy atom. The van der Waals surface area contributed by atoms with Crippen LogP contribution in [0.4, 0.5) is 5.69 Å². The number of aliphatic hydroxyl groups is 1. The van der Waals surface area contributed by atoms with Gasteiger partial charge in [-0.1, -0.05) is 49.2 Å². The molecule has 2 atom stereocenters. The number of nitrogens with zero attached hydrogens (tertiary/aromatic N) is 1. The second-order valence-electron chi connectivity index (χ2n) is 8.55. The number of nitrogens with one attached hydrogen (secondary N) is 1. The summed E-state index contributed by atoms with van der Waals surface area (Å²) in [6.45, 7) is 1.86. The number of fused-ring (bicyclic) bond motifs is 1. The van der Waals surface area contributed by atoms with E-state index in [0.717, 1.165) is 46.1 Å². The van der Waals surface area contributed by atoms with E-state index in [2.05, 4.69) is 5.32 Å². The molecule has 0 aliphatic heterocycles. The van der Waals surface area contributed by atoms with Crippen LogP contribution in [0.5, 0.6) is 0 Å². The molecule has 32 heavy (non-hydrogen) atoms. The van der Waals surface area contributed by atoms with Crippen molar-refractivity contribution >= 4 is 28.5 Å². The minimum absolute atomic E-state index is 0.0535. The summed E-state index contributed by atoms with van der Waals surface area (Å²) < 4.78 is 0. The number of rotatable bonds is 6. The van der Waals surface area contributed by atoms with E-state index in [1.165, 1.54) is 0 Å². The molecular weight excluding hydrogens is 404 g/mol. The Balaban J connectivity index is 1.63. The van der Waals surface area contributed by atoms with Crippen molar-refractivity contribution in [2.45, 2.75) is 45.6 Å². The molecule has 0 bridgehead atoms. The maximum atomic E-state index is 13.0. The molecule has 3 N–H and O–H groups in total. The van der Waals surface area contributed by atoms with Crippen molar-refractivity contribution in [2.24, 2.45) is 11.8 Å². The van der Waals surface area contributed by atoms with Gasteiger partial charge in [-0.3, -0.25) is 14.6 Å². The number of carboxylic acid groups (broad SMARTS) is 1. The number of aliphatic hydroxyl groups excluding tert-OH is 1. The monoisotopic (exact) mass is 432 g/mol. The molecule has 0 saturated heterocycles. The first kappa shape index (κ1) is 22.0. The fourth-order valence-corrected chi connectivity index (χ4v) is 4.76. The first-order valence-electron chi connectivity index (χ1n) is 11.1. The van der Waals surface area contributed by atoms with Gasteiger partial charge >= 0.3 is 5.97 Å². The van der Waals surface area contributed by atoms with Crippen molar-refractivity contribution in [3.8, 4) is 0 Å². The highest BCUT2D eigenvalue weighted by molar-refractivity contribution is 5.96. The molecule has 0 unspecified atom stereocenters. The zero-order valence-corrected chi connectivity index (χ0v) is 18.2. The highest BCUT2D eigenvalue weighted by atomic mass is 16.4. The minimum Gasteiger partial charge on any atom is -0.481 e. The van der Waals surface area contributed by atoms with Crippen molar-refractivity contribution in [1.29, 1.82) is 0 Å². The van der Waals surface area contributed by atoms with Crippen LogP contribution in [0.3, 0.4) is 0 Å². The molecule has 3 aromatic rings. The third kappa shape index (κ3) is 4.50. The number of hydrogen-bond donors (Lipinski definition) is 3. The number of carbonyl (C=O) groups is 2. The van der Waals surface area contributed by atoms with Crippen LogP contribution in [0.2, 0.25) is 0 Å². The molecule has 1 aromatic heterocycles. The molecular formula is C26H28N2O4. The molecule has 1 heterocycles. The van der Waals surface area contributed by atoms with Crippen molar-refractivity contribution in [3.63, 3.8) is 0 Å². The molecule has 0 spiro atoms. The number of amides is 1. The zero-order chi connectivity index (χ0) is 22.7. The summed E-state index contributed by atoms with van der Waals surface area (Å²) in [4.78, 5) is 29.4. The molecule has 1 aliphatic carbocycles. The maximum Gasteiger partial charge on any atom is 0.307 e. The van der Waals surface area contributed by atoms with Crippen molar-refractivity contribution in [3.05, 3.63) is 70.9 Å². The maximum absolute atomic E-state index is 13.0. The van der Waals surface area contributed by atoms with E-state index in [-0.39, 0.29) is 12.5 Å². The highest BCUT2D eigenvalue weighted by Crippen LogP contribution is 2.32. The Labute approximate surface area is 187 Å². The predicted octanol–water partition coefficient (Wildman–Crippen LogP) is 4.46. The van der Waals surface area contributed by atoms with Crippen LogP contribution in [-0.2, 0) is 22.6 Å². The van der Waals surface area contributed by atoms with E-state index in [1.54, 1.807) is 0 Å². The summed E-state index contributed by atoms with van der Waals surface area (Å²) in [5.41, 5.74) is 5.16. The van der Waals surface area contributed by atoms with Gasteiger partial charge in [-0.2, -0.15) is 0 Å². The first-order valence-corrected chi connectivity index (χ1v) is 11.1. The normalized spacial score (nSPS) is 18.4. The van der Waals surface area contributed by atoms with Gasteiger partial charge in [0.25, 0.3) is 0 Å². The summed E-state index contributed by atoms with van der Waals surface area (Å²) in [6.07, 6.45) is 3.42. The van der Waals surface area contributed by atoms with Crippen LogP contribution in [0.15, 0.2) is 48.5 Å². The smallest absolute Gasteiger partial charge is 0.307 e. The van der Waals surface area contributed by atoms with E-state index in [4.69, 9.17) is 4.98 Å². The zero-order valence-electron chi connectivity index (χ0n) is 18.2. The van der Waals surface area contributed by atoms with E-state index >= 15 is 0 Å². The van der Waals surface area contributed by atoms with E-state index in [9.17, 15) is 19.8 Å². The summed E-state index contributed by atoms with van der Waals surface area (Å²) >= 11 is 0. The van der Waals surface area contributed by atoms with Gasteiger partial charge in [-0.25, -0.2) is 0 Å². The summed E-state index contributed by atoms with van der Waals surface area (Å²) in [7, 11) is 0. The number of aryl methyl sites for hydroxylation is 1. The Hall–Kier alpha value is -3.25.